The number of H-pyrrole nitrogens is 1. The van der Waals surface area contributed by atoms with Gasteiger partial charge in [-0.3, -0.25) is 10.00 Å². The van der Waals surface area contributed by atoms with E-state index in [1.54, 1.807) is 13.2 Å². The van der Waals surface area contributed by atoms with E-state index in [0.29, 0.717) is 28.0 Å². The Balaban J connectivity index is 1.46. The summed E-state index contributed by atoms with van der Waals surface area (Å²) in [5.41, 5.74) is 0.792. The summed E-state index contributed by atoms with van der Waals surface area (Å²) < 4.78 is 7.80. The van der Waals surface area contributed by atoms with Crippen molar-refractivity contribution in [2.24, 2.45) is 0 Å². The van der Waals surface area contributed by atoms with E-state index in [9.17, 15) is 0 Å². The molecule has 9 heteroatoms. The van der Waals surface area contributed by atoms with Gasteiger partial charge in [0.05, 0.1) is 19.3 Å². The molecule has 0 spiro atoms. The molecule has 1 aliphatic heterocycles. The highest BCUT2D eigenvalue weighted by Gasteiger charge is 2.19. The first kappa shape index (κ1) is 18.9. The number of rotatable bonds is 5. The van der Waals surface area contributed by atoms with E-state index in [0.717, 1.165) is 37.6 Å². The Hall–Kier alpha value is -2.42. The Labute approximate surface area is 173 Å². The van der Waals surface area contributed by atoms with Gasteiger partial charge in [-0.25, -0.2) is 9.67 Å². The van der Waals surface area contributed by atoms with Gasteiger partial charge in [0.25, 0.3) is 0 Å². The fourth-order valence-corrected chi connectivity index (χ4v) is 3.66. The molecule has 1 fully saturated rings. The first-order valence-corrected chi connectivity index (χ1v) is 9.82. The van der Waals surface area contributed by atoms with Gasteiger partial charge in [-0.1, -0.05) is 17.7 Å². The minimum Gasteiger partial charge on any atom is -0.496 e. The number of piperazine rings is 1. The van der Waals surface area contributed by atoms with Crippen molar-refractivity contribution in [1.82, 2.24) is 24.6 Å². The van der Waals surface area contributed by atoms with E-state index in [1.807, 2.05) is 41.2 Å². The second-order valence-corrected chi connectivity index (χ2v) is 7.36. The van der Waals surface area contributed by atoms with E-state index in [4.69, 9.17) is 28.6 Å². The Kier molecular flexibility index (Phi) is 5.61. The Morgan fingerprint density at radius 2 is 2.00 bits per heavy atom. The number of ether oxygens (including phenoxy) is 1. The molecule has 0 aliphatic carbocycles. The van der Waals surface area contributed by atoms with Crippen molar-refractivity contribution < 1.29 is 4.74 Å². The molecule has 0 bridgehead atoms. The van der Waals surface area contributed by atoms with Gasteiger partial charge in [-0.2, -0.15) is 4.98 Å². The number of methoxy groups -OCH3 is 1. The molecule has 1 saturated heterocycles. The number of aromatic amines is 1. The molecule has 1 aliphatic rings. The van der Waals surface area contributed by atoms with E-state index >= 15 is 0 Å². The fourth-order valence-electron chi connectivity index (χ4n) is 3.30. The summed E-state index contributed by atoms with van der Waals surface area (Å²) in [4.78, 5) is 13.6. The van der Waals surface area contributed by atoms with Crippen LogP contribution in [0.25, 0.3) is 11.4 Å². The van der Waals surface area contributed by atoms with Gasteiger partial charge < -0.3 is 9.64 Å². The normalized spacial score (nSPS) is 15.0. The van der Waals surface area contributed by atoms with Crippen LogP contribution in [-0.4, -0.2) is 57.9 Å². The van der Waals surface area contributed by atoms with Gasteiger partial charge >= 0.3 is 0 Å². The zero-order chi connectivity index (χ0) is 19.5. The molecule has 28 heavy (non-hydrogen) atoms. The maximum absolute atomic E-state index is 6.14. The van der Waals surface area contributed by atoms with Crippen LogP contribution in [-0.2, 0) is 6.67 Å². The Morgan fingerprint density at radius 1 is 1.18 bits per heavy atom. The molecule has 2 aromatic heterocycles. The monoisotopic (exact) mass is 416 g/mol. The predicted molar refractivity (Wildman–Crippen MR) is 112 cm³/mol. The molecule has 3 aromatic rings. The van der Waals surface area contributed by atoms with Gasteiger partial charge in [0, 0.05) is 37.4 Å². The molecule has 0 unspecified atom stereocenters. The Morgan fingerprint density at radius 3 is 2.71 bits per heavy atom. The van der Waals surface area contributed by atoms with E-state index in [-0.39, 0.29) is 0 Å². The summed E-state index contributed by atoms with van der Waals surface area (Å²) in [7, 11) is 1.62. The van der Waals surface area contributed by atoms with Gasteiger partial charge in [0.2, 0.25) is 4.77 Å². The number of halogens is 1. The lowest BCUT2D eigenvalue weighted by atomic mass is 10.2. The van der Waals surface area contributed by atoms with Crippen LogP contribution < -0.4 is 9.64 Å². The third kappa shape index (κ3) is 4.04. The Bertz CT molecular complexity index is 997. The maximum atomic E-state index is 6.14. The molecule has 146 valence electrons. The molecule has 3 heterocycles. The van der Waals surface area contributed by atoms with Gasteiger partial charge in [-0.15, -0.1) is 0 Å². The van der Waals surface area contributed by atoms with Crippen molar-refractivity contribution in [3.63, 3.8) is 0 Å². The maximum Gasteiger partial charge on any atom is 0.217 e. The number of aromatic nitrogens is 4. The SMILES string of the molecule is COc1ccc(Cl)cc1-c1nc(=S)n(CN2CCN(c3ccccn3)CC2)[nH]1. The molecular formula is C19H21ClN6OS. The quantitative estimate of drug-likeness (QED) is 0.643. The topological polar surface area (TPSA) is 62.2 Å². The van der Waals surface area contributed by atoms with Gasteiger partial charge in [0.15, 0.2) is 5.82 Å². The first-order valence-electron chi connectivity index (χ1n) is 9.03. The van der Waals surface area contributed by atoms with Crippen LogP contribution in [0.4, 0.5) is 5.82 Å². The standard InChI is InChI=1S/C19H21ClN6OS/c1-27-16-6-5-14(20)12-15(16)18-22-19(28)26(23-18)13-24-8-10-25(11-9-24)17-4-2-3-7-21-17/h2-7,12H,8-11,13H2,1H3,(H,22,23,28). The number of nitrogens with one attached hydrogen (secondary N) is 1. The van der Waals surface area contributed by atoms with Crippen molar-refractivity contribution >= 4 is 29.6 Å². The number of hydrogen-bond donors (Lipinski definition) is 1. The van der Waals surface area contributed by atoms with E-state index < -0.39 is 0 Å². The van der Waals surface area contributed by atoms with Crippen LogP contribution in [0.15, 0.2) is 42.6 Å². The van der Waals surface area contributed by atoms with Crippen LogP contribution in [0, 0.1) is 4.77 Å². The van der Waals surface area contributed by atoms with Gasteiger partial charge in [0.1, 0.15) is 11.6 Å². The fraction of sp³-hybridized carbons (Fsp3) is 0.316. The highest BCUT2D eigenvalue weighted by atomic mass is 35.5. The molecule has 0 saturated carbocycles. The molecule has 0 radical (unpaired) electrons. The molecule has 7 nitrogen and oxygen atoms in total. The predicted octanol–water partition coefficient (Wildman–Crippen LogP) is 3.44. The third-order valence-corrected chi connectivity index (χ3v) is 5.33. The van der Waals surface area contributed by atoms with Crippen molar-refractivity contribution in [1.29, 1.82) is 0 Å². The smallest absolute Gasteiger partial charge is 0.217 e. The second-order valence-electron chi connectivity index (χ2n) is 6.56. The molecule has 4 rings (SSSR count). The van der Waals surface area contributed by atoms with Crippen molar-refractivity contribution in [3.05, 3.63) is 52.4 Å². The van der Waals surface area contributed by atoms with Crippen LogP contribution in [0.1, 0.15) is 0 Å². The molecule has 0 atom stereocenters. The van der Waals surface area contributed by atoms with Crippen molar-refractivity contribution in [2.45, 2.75) is 6.67 Å². The van der Waals surface area contributed by atoms with E-state index in [1.165, 1.54) is 0 Å². The number of pyridine rings is 1. The number of hydrogen-bond acceptors (Lipinski definition) is 6. The lowest BCUT2D eigenvalue weighted by molar-refractivity contribution is 0.194. The highest BCUT2D eigenvalue weighted by Crippen LogP contribution is 2.30. The minimum atomic E-state index is 0.504. The number of anilines is 1. The zero-order valence-corrected chi connectivity index (χ0v) is 17.1. The summed E-state index contributed by atoms with van der Waals surface area (Å²) >= 11 is 11.6. The van der Waals surface area contributed by atoms with Crippen LogP contribution in [0.2, 0.25) is 5.02 Å². The molecular weight excluding hydrogens is 396 g/mol. The number of nitrogens with zero attached hydrogens (tertiary/aromatic N) is 5. The summed E-state index contributed by atoms with van der Waals surface area (Å²) in [6, 6.07) is 11.4. The van der Waals surface area contributed by atoms with Gasteiger partial charge in [-0.05, 0) is 42.5 Å². The van der Waals surface area contributed by atoms with Crippen LogP contribution in [0.3, 0.4) is 0 Å². The van der Waals surface area contributed by atoms with Crippen LogP contribution >= 0.6 is 23.8 Å². The highest BCUT2D eigenvalue weighted by molar-refractivity contribution is 7.71. The second kappa shape index (κ2) is 8.30. The molecule has 1 aromatic carbocycles. The summed E-state index contributed by atoms with van der Waals surface area (Å²) in [5.74, 6) is 2.37. The van der Waals surface area contributed by atoms with E-state index in [2.05, 4.69) is 24.9 Å². The average Bonchev–Trinajstić information content (AvgIpc) is 3.09. The van der Waals surface area contributed by atoms with Crippen molar-refractivity contribution in [2.75, 3.05) is 38.2 Å². The first-order chi connectivity index (χ1) is 13.6. The average molecular weight is 417 g/mol. The van der Waals surface area contributed by atoms with Crippen LogP contribution in [0.5, 0.6) is 5.75 Å². The molecule has 1 N–H and O–H groups in total. The summed E-state index contributed by atoms with van der Waals surface area (Å²) in [6.45, 7) is 4.35. The minimum absolute atomic E-state index is 0.504. The lowest BCUT2D eigenvalue weighted by Gasteiger charge is -2.35. The lowest BCUT2D eigenvalue weighted by Crippen LogP contribution is -2.47. The number of benzene rings is 1. The summed E-state index contributed by atoms with van der Waals surface area (Å²) in [5, 5.41) is 3.91. The van der Waals surface area contributed by atoms with Crippen molar-refractivity contribution in [3.8, 4) is 17.1 Å². The summed E-state index contributed by atoms with van der Waals surface area (Å²) in [6.07, 6.45) is 1.83. The zero-order valence-electron chi connectivity index (χ0n) is 15.5. The molecule has 0 amide bonds. The third-order valence-electron chi connectivity index (χ3n) is 4.78. The largest absolute Gasteiger partial charge is 0.496 e.